The number of likely N-dealkylation sites (tertiary alicyclic amines) is 1. The zero-order chi connectivity index (χ0) is 41.9. The summed E-state index contributed by atoms with van der Waals surface area (Å²) in [6, 6.07) is 25.0. The van der Waals surface area contributed by atoms with Gasteiger partial charge in [-0.05, 0) is 67.6 Å². The third-order valence-electron chi connectivity index (χ3n) is 9.79. The average molecular weight is 828 g/mol. The van der Waals surface area contributed by atoms with Gasteiger partial charge in [-0.25, -0.2) is 9.64 Å². The van der Waals surface area contributed by atoms with Gasteiger partial charge in [-0.2, -0.15) is 5.26 Å². The lowest BCUT2D eigenvalue weighted by atomic mass is 9.95. The second-order valence-corrected chi connectivity index (χ2v) is 14.1. The molecule has 2 saturated heterocycles. The average Bonchev–Trinajstić information content (AvgIpc) is 3.92. The van der Waals surface area contributed by atoms with E-state index in [9.17, 15) is 24.4 Å². The molecule has 2 aliphatic rings. The number of nitriles is 1. The van der Waals surface area contributed by atoms with Gasteiger partial charge in [-0.3, -0.25) is 24.4 Å². The molecule has 2 aliphatic heterocycles. The fraction of sp³-hybridized carbons (Fsp3) is 0.182. The predicted molar refractivity (Wildman–Crippen MR) is 225 cm³/mol. The quantitative estimate of drug-likeness (QED) is 0.0555. The summed E-state index contributed by atoms with van der Waals surface area (Å²) in [5.74, 6) is -3.68. The van der Waals surface area contributed by atoms with E-state index in [4.69, 9.17) is 34.9 Å². The minimum atomic E-state index is -1.52. The number of carboxylic acids is 1. The van der Waals surface area contributed by atoms with Gasteiger partial charge in [0.1, 0.15) is 11.0 Å². The molecular formula is C44H36Cl2N8O5. The number of carbonyl (C=O) groups excluding carboxylic acids is 3. The topological polar surface area (TPSA) is 189 Å². The second kappa shape index (κ2) is 19.5. The van der Waals surface area contributed by atoms with Crippen LogP contribution in [-0.2, 0) is 9.59 Å². The van der Waals surface area contributed by atoms with Crippen molar-refractivity contribution in [2.24, 2.45) is 0 Å². The molecule has 0 saturated carbocycles. The third kappa shape index (κ3) is 9.63. The van der Waals surface area contributed by atoms with Gasteiger partial charge < -0.3 is 25.3 Å². The van der Waals surface area contributed by atoms with Crippen LogP contribution in [0.3, 0.4) is 0 Å². The number of piperidine rings is 2. The van der Waals surface area contributed by atoms with E-state index in [2.05, 4.69) is 36.2 Å². The van der Waals surface area contributed by atoms with Gasteiger partial charge >= 0.3 is 5.97 Å². The van der Waals surface area contributed by atoms with Crippen molar-refractivity contribution in [3.8, 4) is 6.07 Å². The van der Waals surface area contributed by atoms with Crippen LogP contribution >= 0.6 is 23.2 Å². The number of H-pyrrole nitrogens is 2. The Morgan fingerprint density at radius 3 is 1.73 bits per heavy atom. The number of benzene rings is 2. The van der Waals surface area contributed by atoms with Gasteiger partial charge in [0.05, 0.1) is 50.4 Å². The van der Waals surface area contributed by atoms with Crippen LogP contribution in [0.25, 0.3) is 38.2 Å². The van der Waals surface area contributed by atoms with Crippen LogP contribution in [0.1, 0.15) is 57.5 Å². The molecule has 59 heavy (non-hydrogen) atoms. The van der Waals surface area contributed by atoms with E-state index < -0.39 is 23.4 Å². The van der Waals surface area contributed by atoms with Crippen LogP contribution in [0.15, 0.2) is 109 Å². The number of nitrogens with one attached hydrogen (secondary N) is 3. The molecule has 4 N–H and O–H groups in total. The predicted octanol–water partition coefficient (Wildman–Crippen LogP) is 8.18. The molecule has 0 unspecified atom stereocenters. The number of rotatable bonds is 6. The van der Waals surface area contributed by atoms with Crippen molar-refractivity contribution in [3.63, 3.8) is 0 Å². The number of allylic oxidation sites excluding steroid dienone is 1. The summed E-state index contributed by atoms with van der Waals surface area (Å²) in [7, 11) is 0. The minimum Gasteiger partial charge on any atom is -0.475 e. The molecule has 15 heteroatoms. The van der Waals surface area contributed by atoms with Crippen molar-refractivity contribution in [2.75, 3.05) is 26.2 Å². The summed E-state index contributed by atoms with van der Waals surface area (Å²) in [5.41, 5.74) is 7.67. The van der Waals surface area contributed by atoms with E-state index >= 15 is 0 Å². The molecule has 0 bridgehead atoms. The Morgan fingerprint density at radius 2 is 1.24 bits per heavy atom. The number of fused-ring (bicyclic) bond motifs is 2. The lowest BCUT2D eigenvalue weighted by Crippen LogP contribution is -2.40. The molecule has 8 rings (SSSR count). The van der Waals surface area contributed by atoms with Crippen molar-refractivity contribution in [3.05, 3.63) is 152 Å². The number of nitrogens with zero attached hydrogens (tertiary/aromatic N) is 5. The molecule has 6 aromatic rings. The number of aromatic amines is 2. The fourth-order valence-electron chi connectivity index (χ4n) is 6.80. The van der Waals surface area contributed by atoms with E-state index in [1.807, 2.05) is 60.7 Å². The number of Topliss-reactive ketones (excluding diaryl/α,β-unsaturated/α-hetero) is 2. The fourth-order valence-corrected chi connectivity index (χ4v) is 7.20. The highest BCUT2D eigenvalue weighted by Gasteiger charge is 2.29. The molecule has 2 fully saturated rings. The molecule has 0 radical (unpaired) electrons. The van der Waals surface area contributed by atoms with Crippen molar-refractivity contribution in [1.29, 1.82) is 5.26 Å². The third-order valence-corrected chi connectivity index (χ3v) is 10.4. The molecule has 1 amide bonds. The summed E-state index contributed by atoms with van der Waals surface area (Å²) < 4.78 is 0. The second-order valence-electron chi connectivity index (χ2n) is 13.3. The Bertz CT molecular complexity index is 2670. The first-order chi connectivity index (χ1) is 28.6. The number of ketones is 2. The Kier molecular flexibility index (Phi) is 13.8. The van der Waals surface area contributed by atoms with Gasteiger partial charge in [0, 0.05) is 37.9 Å². The summed E-state index contributed by atoms with van der Waals surface area (Å²) in [6.07, 6.45) is 8.83. The lowest BCUT2D eigenvalue weighted by molar-refractivity contribution is -0.131. The Balaban J connectivity index is 0.000000164. The number of carboxylic acid groups (broad SMARTS) is 1. The first kappa shape index (κ1) is 41.7. The Labute approximate surface area is 348 Å². The number of aromatic nitrogens is 4. The molecule has 0 spiro atoms. The molecular weight excluding hydrogens is 791 g/mol. The monoisotopic (exact) mass is 826 g/mol. The van der Waals surface area contributed by atoms with E-state index in [0.717, 1.165) is 48.2 Å². The molecule has 13 nitrogen and oxygen atoms in total. The lowest BCUT2D eigenvalue weighted by Gasteiger charge is -2.28. The highest BCUT2D eigenvalue weighted by Crippen LogP contribution is 2.30. The maximum atomic E-state index is 12.8. The number of hydrogen-bond acceptors (Lipinski definition) is 8. The highest BCUT2D eigenvalue weighted by atomic mass is 35.5. The van der Waals surface area contributed by atoms with Crippen molar-refractivity contribution in [1.82, 2.24) is 30.2 Å². The van der Waals surface area contributed by atoms with Crippen LogP contribution in [0, 0.1) is 17.9 Å². The highest BCUT2D eigenvalue weighted by molar-refractivity contribution is 6.45. The molecule has 0 aliphatic carbocycles. The normalized spacial score (nSPS) is 13.5. The largest absolute Gasteiger partial charge is 0.475 e. The van der Waals surface area contributed by atoms with Crippen LogP contribution in [-0.4, -0.2) is 79.6 Å². The summed E-state index contributed by atoms with van der Waals surface area (Å²) >= 11 is 11.9. The van der Waals surface area contributed by atoms with E-state index in [1.165, 1.54) is 30.4 Å². The van der Waals surface area contributed by atoms with Gasteiger partial charge in [0.15, 0.2) is 5.70 Å². The van der Waals surface area contributed by atoms with Gasteiger partial charge in [-0.1, -0.05) is 89.4 Å². The van der Waals surface area contributed by atoms with Crippen molar-refractivity contribution >= 4 is 80.0 Å². The van der Waals surface area contributed by atoms with Crippen LogP contribution in [0.5, 0.6) is 0 Å². The maximum Gasteiger partial charge on any atom is 0.377 e. The minimum absolute atomic E-state index is 0.0139. The Hall–Kier alpha value is -6.90. The van der Waals surface area contributed by atoms with Gasteiger partial charge in [0.2, 0.25) is 0 Å². The van der Waals surface area contributed by atoms with Gasteiger partial charge in [0.25, 0.3) is 17.5 Å². The van der Waals surface area contributed by atoms with E-state index in [-0.39, 0.29) is 16.6 Å². The number of carbonyl (C=O) groups is 4. The summed E-state index contributed by atoms with van der Waals surface area (Å²) in [6.45, 7) is 10.3. The zero-order valence-electron chi connectivity index (χ0n) is 31.5. The van der Waals surface area contributed by atoms with Gasteiger partial charge in [-0.15, -0.1) is 0 Å². The van der Waals surface area contributed by atoms with E-state index in [1.54, 1.807) is 17.0 Å². The molecule has 296 valence electrons. The van der Waals surface area contributed by atoms with Crippen LogP contribution in [0.4, 0.5) is 0 Å². The molecule has 6 heterocycles. The number of pyridine rings is 2. The van der Waals surface area contributed by atoms with Crippen molar-refractivity contribution < 1.29 is 24.3 Å². The number of halogens is 2. The SMILES string of the molecule is N#CC(=C1CCNCC1)c1ccccc1.O=C(O)C(=O)c1c[nH]c2c(Cl)ccnc12.[C-]#[N+]C(=C1CCN(C(=O)C(=O)c2c[nH]c3c(Cl)ccnc23)CC1)c1ccccc1. The molecule has 4 aromatic heterocycles. The number of hydrogen-bond donors (Lipinski definition) is 4. The smallest absolute Gasteiger partial charge is 0.377 e. The summed E-state index contributed by atoms with van der Waals surface area (Å²) in [4.78, 5) is 66.2. The summed E-state index contributed by atoms with van der Waals surface area (Å²) in [5, 5.41) is 21.9. The van der Waals surface area contributed by atoms with Crippen LogP contribution < -0.4 is 5.32 Å². The zero-order valence-corrected chi connectivity index (χ0v) is 33.0. The Morgan fingerprint density at radius 1 is 0.729 bits per heavy atom. The molecule has 2 aromatic carbocycles. The standard InChI is InChI=1S/C22H17ClN4O2.C13H14N2.C9H5ClN2O3/c1-24-18(14-5-3-2-4-6-14)15-8-11-27(12-9-15)22(29)21(28)16-13-26-20-17(23)7-10-25-19(16)20;14-10-13(11-4-2-1-3-5-11)12-6-8-15-9-7-12;10-5-1-2-11-6-4(3-12-7(5)6)8(13)9(14)15/h2-7,10,13,26H,8-9,11-12H2;1-5,15H,6-9H2;1-3,12H,(H,14,15). The maximum absolute atomic E-state index is 12.8. The first-order valence-electron chi connectivity index (χ1n) is 18.5. The van der Waals surface area contributed by atoms with Crippen molar-refractivity contribution in [2.45, 2.75) is 25.7 Å². The number of aliphatic carboxylic acids is 1. The van der Waals surface area contributed by atoms with Crippen LogP contribution in [0.2, 0.25) is 10.0 Å². The molecule has 0 atom stereocenters. The first-order valence-corrected chi connectivity index (χ1v) is 19.3. The number of amides is 1. The van der Waals surface area contributed by atoms with E-state index in [0.29, 0.717) is 58.2 Å².